The zero-order valence-corrected chi connectivity index (χ0v) is 20.7. The molecule has 2 amide bonds. The van der Waals surface area contributed by atoms with Gasteiger partial charge >= 0.3 is 17.9 Å². The standard InChI is InChI=1S/C10H5Cl2F3N4O2.C10H11N3OS/c11-5-1-4(10(13,14)15)2-6(12)8(5)18-9(16)7(3-17-18)19(20)21;1-11-9(14)13(2)10-12-7-5-3-4-6-8(7)15-10/h1-3H,16H2;3-6H,1-2H3,(H,11,14). The maximum absolute atomic E-state index is 12.6. The number of carbonyl (C=O) groups is 1. The monoisotopic (exact) mass is 561 g/mol. The second-order valence-corrected chi connectivity index (χ2v) is 8.77. The summed E-state index contributed by atoms with van der Waals surface area (Å²) in [4.78, 5) is 27.1. The molecule has 0 spiro atoms. The van der Waals surface area contributed by atoms with Crippen LogP contribution in [0, 0.1) is 10.1 Å². The number of hydrogen-bond donors (Lipinski definition) is 2. The molecule has 16 heteroatoms. The lowest BCUT2D eigenvalue weighted by Crippen LogP contribution is -2.34. The molecule has 2 aromatic carbocycles. The number of hydrogen-bond acceptors (Lipinski definition) is 7. The first kappa shape index (κ1) is 27.0. The molecule has 0 aliphatic heterocycles. The summed E-state index contributed by atoms with van der Waals surface area (Å²) in [6, 6.07) is 8.94. The largest absolute Gasteiger partial charge is 0.416 e. The molecule has 0 unspecified atom stereocenters. The number of aromatic nitrogens is 3. The van der Waals surface area contributed by atoms with Crippen LogP contribution in [0.25, 0.3) is 15.9 Å². The Bertz CT molecular complexity index is 1390. The third kappa shape index (κ3) is 5.61. The van der Waals surface area contributed by atoms with Gasteiger partial charge in [0.15, 0.2) is 5.13 Å². The van der Waals surface area contributed by atoms with Gasteiger partial charge in [-0.3, -0.25) is 15.0 Å². The first-order valence-electron chi connectivity index (χ1n) is 9.70. The lowest BCUT2D eigenvalue weighted by Gasteiger charge is -2.12. The Kier molecular flexibility index (Phi) is 7.91. The molecule has 0 atom stereocenters. The number of rotatable bonds is 3. The molecule has 0 aliphatic carbocycles. The molecule has 0 aliphatic rings. The Morgan fingerprint density at radius 1 is 1.25 bits per heavy atom. The molecule has 0 saturated carbocycles. The average molecular weight is 562 g/mol. The maximum Gasteiger partial charge on any atom is 0.416 e. The summed E-state index contributed by atoms with van der Waals surface area (Å²) >= 11 is 13.0. The lowest BCUT2D eigenvalue weighted by atomic mass is 10.2. The number of halogens is 5. The van der Waals surface area contributed by atoms with E-state index in [1.54, 1.807) is 14.1 Å². The second kappa shape index (κ2) is 10.6. The van der Waals surface area contributed by atoms with Gasteiger partial charge in [-0.25, -0.2) is 14.5 Å². The van der Waals surface area contributed by atoms with E-state index in [2.05, 4.69) is 15.4 Å². The number of para-hydroxylation sites is 1. The van der Waals surface area contributed by atoms with Crippen LogP contribution in [0.4, 0.5) is 34.6 Å². The minimum absolute atomic E-state index is 0.158. The Hall–Kier alpha value is -3.62. The average Bonchev–Trinajstić information content (AvgIpc) is 3.41. The number of amides is 2. The Balaban J connectivity index is 0.000000212. The molecule has 0 bridgehead atoms. The number of nitrogen functional groups attached to an aromatic ring is 1. The summed E-state index contributed by atoms with van der Waals surface area (Å²) in [6.45, 7) is 0. The van der Waals surface area contributed by atoms with E-state index in [0.29, 0.717) is 17.3 Å². The van der Waals surface area contributed by atoms with Gasteiger partial charge in [0.05, 0.1) is 30.7 Å². The molecule has 0 radical (unpaired) electrons. The van der Waals surface area contributed by atoms with E-state index in [0.717, 1.165) is 21.1 Å². The minimum atomic E-state index is -4.63. The number of thiazole rings is 1. The summed E-state index contributed by atoms with van der Waals surface area (Å²) in [5.74, 6) is -0.399. The van der Waals surface area contributed by atoms with Crippen molar-refractivity contribution in [2.45, 2.75) is 6.18 Å². The molecule has 2 aromatic heterocycles. The van der Waals surface area contributed by atoms with Crippen LogP contribution >= 0.6 is 34.5 Å². The van der Waals surface area contributed by atoms with Crippen LogP contribution in [0.2, 0.25) is 10.0 Å². The molecular weight excluding hydrogens is 546 g/mol. The molecule has 4 aromatic rings. The number of nitrogens with two attached hydrogens (primary N) is 1. The summed E-state index contributed by atoms with van der Waals surface area (Å²) in [6.07, 6.45) is -3.78. The molecule has 10 nitrogen and oxygen atoms in total. The van der Waals surface area contributed by atoms with Crippen LogP contribution in [0.15, 0.2) is 42.6 Å². The fourth-order valence-electron chi connectivity index (χ4n) is 2.86. The van der Waals surface area contributed by atoms with Gasteiger partial charge in [0.25, 0.3) is 0 Å². The number of nitrogens with one attached hydrogen (secondary N) is 1. The SMILES string of the molecule is CNC(=O)N(C)c1nc2ccccc2s1.Nc1c([N+](=O)[O-])cnn1-c1c(Cl)cc(C(F)(F)F)cc1Cl. The number of urea groups is 1. The minimum Gasteiger partial charge on any atom is -0.378 e. The van der Waals surface area contributed by atoms with Gasteiger partial charge in [-0.05, 0) is 24.3 Å². The van der Waals surface area contributed by atoms with Gasteiger partial charge in [0.1, 0.15) is 11.9 Å². The number of nitrogens with zero attached hydrogens (tertiary/aromatic N) is 5. The topological polar surface area (TPSA) is 132 Å². The lowest BCUT2D eigenvalue weighted by molar-refractivity contribution is -0.383. The number of carbonyl (C=O) groups excluding carboxylic acids is 1. The van der Waals surface area contributed by atoms with E-state index in [1.165, 1.54) is 16.2 Å². The summed E-state index contributed by atoms with van der Waals surface area (Å²) in [7, 11) is 3.31. The van der Waals surface area contributed by atoms with E-state index in [9.17, 15) is 28.1 Å². The van der Waals surface area contributed by atoms with Crippen molar-refractivity contribution in [3.05, 3.63) is 68.3 Å². The third-order valence-electron chi connectivity index (χ3n) is 4.63. The Labute approximate surface area is 215 Å². The molecule has 4 rings (SSSR count). The first-order valence-corrected chi connectivity index (χ1v) is 11.3. The maximum atomic E-state index is 12.6. The highest BCUT2D eigenvalue weighted by Crippen LogP contribution is 2.39. The van der Waals surface area contributed by atoms with Crippen molar-refractivity contribution < 1.29 is 22.9 Å². The molecule has 0 saturated heterocycles. The fraction of sp³-hybridized carbons (Fsp3) is 0.150. The van der Waals surface area contributed by atoms with E-state index in [-0.39, 0.29) is 21.8 Å². The number of anilines is 2. The van der Waals surface area contributed by atoms with E-state index in [1.807, 2.05) is 24.3 Å². The van der Waals surface area contributed by atoms with Crippen molar-refractivity contribution in [2.24, 2.45) is 0 Å². The van der Waals surface area contributed by atoms with Crippen LogP contribution in [0.3, 0.4) is 0 Å². The van der Waals surface area contributed by atoms with Crippen LogP contribution in [0.1, 0.15) is 5.56 Å². The highest BCUT2D eigenvalue weighted by molar-refractivity contribution is 7.22. The van der Waals surface area contributed by atoms with Gasteiger partial charge < -0.3 is 11.1 Å². The molecule has 36 heavy (non-hydrogen) atoms. The van der Waals surface area contributed by atoms with Crippen molar-refractivity contribution in [1.82, 2.24) is 20.1 Å². The molecule has 2 heterocycles. The number of benzene rings is 2. The Morgan fingerprint density at radius 2 is 1.86 bits per heavy atom. The zero-order chi connectivity index (χ0) is 26.8. The quantitative estimate of drug-likeness (QED) is 0.241. The van der Waals surface area contributed by atoms with E-state index in [4.69, 9.17) is 28.9 Å². The number of nitro groups is 1. The summed E-state index contributed by atoms with van der Waals surface area (Å²) in [5, 5.41) is 16.8. The van der Waals surface area contributed by atoms with Crippen molar-refractivity contribution in [3.8, 4) is 5.69 Å². The van der Waals surface area contributed by atoms with Crippen molar-refractivity contribution in [3.63, 3.8) is 0 Å². The normalized spacial score (nSPS) is 11.1. The van der Waals surface area contributed by atoms with E-state index < -0.39 is 28.2 Å². The second-order valence-electron chi connectivity index (χ2n) is 6.95. The molecule has 190 valence electrons. The third-order valence-corrected chi connectivity index (χ3v) is 6.32. The zero-order valence-electron chi connectivity index (χ0n) is 18.4. The first-order chi connectivity index (χ1) is 16.8. The molecular formula is C20H16Cl2F3N7O3S. The van der Waals surface area contributed by atoms with Gasteiger partial charge in [0, 0.05) is 14.1 Å². The predicted octanol–water partition coefficient (Wildman–Crippen LogP) is 5.76. The van der Waals surface area contributed by atoms with Crippen molar-refractivity contribution >= 4 is 67.4 Å². The van der Waals surface area contributed by atoms with Crippen LogP contribution in [-0.4, -0.2) is 39.8 Å². The van der Waals surface area contributed by atoms with Crippen LogP contribution in [0.5, 0.6) is 0 Å². The molecule has 3 N–H and O–H groups in total. The number of fused-ring (bicyclic) bond motifs is 1. The summed E-state index contributed by atoms with van der Waals surface area (Å²) < 4.78 is 39.7. The van der Waals surface area contributed by atoms with E-state index >= 15 is 0 Å². The molecule has 0 fully saturated rings. The van der Waals surface area contributed by atoms with Gasteiger partial charge in [-0.2, -0.15) is 18.3 Å². The Morgan fingerprint density at radius 3 is 2.36 bits per heavy atom. The van der Waals surface area contributed by atoms with Crippen LogP contribution in [-0.2, 0) is 6.18 Å². The fourth-order valence-corrected chi connectivity index (χ4v) is 4.43. The van der Waals surface area contributed by atoms with Gasteiger partial charge in [0.2, 0.25) is 5.82 Å². The highest BCUT2D eigenvalue weighted by Gasteiger charge is 2.33. The highest BCUT2D eigenvalue weighted by atomic mass is 35.5. The summed E-state index contributed by atoms with van der Waals surface area (Å²) in [5.41, 5.74) is 4.71. The number of alkyl halides is 3. The van der Waals surface area contributed by atoms with Crippen molar-refractivity contribution in [1.29, 1.82) is 0 Å². The van der Waals surface area contributed by atoms with Crippen molar-refractivity contribution in [2.75, 3.05) is 24.7 Å². The van der Waals surface area contributed by atoms with Gasteiger partial charge in [-0.1, -0.05) is 46.7 Å². The van der Waals surface area contributed by atoms with Gasteiger partial charge in [-0.15, -0.1) is 0 Å². The smallest absolute Gasteiger partial charge is 0.378 e. The predicted molar refractivity (Wildman–Crippen MR) is 132 cm³/mol. The van der Waals surface area contributed by atoms with Crippen LogP contribution < -0.4 is 16.0 Å².